The smallest absolute Gasteiger partial charge is 0.242 e. The summed E-state index contributed by atoms with van der Waals surface area (Å²) in [5.74, 6) is 0.0852. The fourth-order valence-electron chi connectivity index (χ4n) is 1.24. The molecule has 2 amide bonds. The number of carbonyl (C=O) groups excluding carboxylic acids is 2. The molecule has 1 rings (SSSR count). The maximum Gasteiger partial charge on any atom is 0.242 e. The van der Waals surface area contributed by atoms with Gasteiger partial charge in [0.25, 0.3) is 0 Å². The molecule has 1 aliphatic rings. The fraction of sp³-hybridized carbons (Fsp3) is 0.750. The summed E-state index contributed by atoms with van der Waals surface area (Å²) in [6.07, 6.45) is 0.905. The first-order valence-electron chi connectivity index (χ1n) is 4.17. The first-order valence-corrected chi connectivity index (χ1v) is 4.17. The lowest BCUT2D eigenvalue weighted by Gasteiger charge is -2.31. The van der Waals surface area contributed by atoms with Gasteiger partial charge in [0.2, 0.25) is 11.8 Å². The minimum Gasteiger partial charge on any atom is -0.335 e. The van der Waals surface area contributed by atoms with Crippen molar-refractivity contribution in [2.75, 3.05) is 26.7 Å². The Kier molecular flexibility index (Phi) is 2.68. The zero-order valence-electron chi connectivity index (χ0n) is 7.54. The van der Waals surface area contributed by atoms with E-state index >= 15 is 0 Å². The van der Waals surface area contributed by atoms with E-state index in [9.17, 15) is 9.59 Å². The van der Waals surface area contributed by atoms with E-state index in [1.165, 1.54) is 4.90 Å². The zero-order valence-corrected chi connectivity index (χ0v) is 7.54. The first-order chi connectivity index (χ1) is 5.65. The molecule has 1 fully saturated rings. The lowest BCUT2D eigenvalue weighted by molar-refractivity contribution is -0.148. The molecule has 0 aromatic rings. The van der Waals surface area contributed by atoms with Crippen LogP contribution in [0.25, 0.3) is 0 Å². The Morgan fingerprint density at radius 1 is 1.25 bits per heavy atom. The van der Waals surface area contributed by atoms with E-state index in [2.05, 4.69) is 0 Å². The van der Waals surface area contributed by atoms with Gasteiger partial charge in [-0.25, -0.2) is 0 Å². The van der Waals surface area contributed by atoms with Crippen LogP contribution in [0.1, 0.15) is 13.3 Å². The molecule has 1 heterocycles. The van der Waals surface area contributed by atoms with Crippen LogP contribution in [0.5, 0.6) is 0 Å². The van der Waals surface area contributed by atoms with Crippen LogP contribution in [-0.2, 0) is 9.59 Å². The Morgan fingerprint density at radius 2 is 1.92 bits per heavy atom. The summed E-state index contributed by atoms with van der Waals surface area (Å²) in [6, 6.07) is 0. The van der Waals surface area contributed by atoms with Gasteiger partial charge < -0.3 is 9.80 Å². The number of nitrogens with zero attached hydrogens (tertiary/aromatic N) is 2. The summed E-state index contributed by atoms with van der Waals surface area (Å²) in [5.41, 5.74) is 0. The molecule has 0 unspecified atom stereocenters. The van der Waals surface area contributed by atoms with Gasteiger partial charge in [-0.3, -0.25) is 9.59 Å². The van der Waals surface area contributed by atoms with Gasteiger partial charge >= 0.3 is 0 Å². The summed E-state index contributed by atoms with van der Waals surface area (Å²) in [5, 5.41) is 0. The average Bonchev–Trinajstić information content (AvgIpc) is 2.01. The topological polar surface area (TPSA) is 40.6 Å². The molecule has 0 aromatic carbocycles. The molecule has 1 saturated heterocycles. The summed E-state index contributed by atoms with van der Waals surface area (Å²) < 4.78 is 0. The third-order valence-electron chi connectivity index (χ3n) is 1.97. The molecule has 0 radical (unpaired) electrons. The maximum absolute atomic E-state index is 11.3. The highest BCUT2D eigenvalue weighted by molar-refractivity contribution is 5.92. The third kappa shape index (κ3) is 1.75. The fourth-order valence-corrected chi connectivity index (χ4v) is 1.24. The molecule has 1 aliphatic heterocycles. The molecule has 0 aliphatic carbocycles. The van der Waals surface area contributed by atoms with E-state index < -0.39 is 0 Å². The van der Waals surface area contributed by atoms with Crippen molar-refractivity contribution >= 4 is 11.8 Å². The molecular formula is C8H14N2O2. The van der Waals surface area contributed by atoms with Crippen LogP contribution in [0, 0.1) is 0 Å². The number of carbonyl (C=O) groups is 2. The summed E-state index contributed by atoms with van der Waals surface area (Å²) in [7, 11) is 1.66. The van der Waals surface area contributed by atoms with Crippen molar-refractivity contribution in [3.05, 3.63) is 0 Å². The van der Waals surface area contributed by atoms with Crippen molar-refractivity contribution in [1.29, 1.82) is 0 Å². The summed E-state index contributed by atoms with van der Waals surface area (Å²) in [6.45, 7) is 3.18. The highest BCUT2D eigenvalue weighted by Gasteiger charge is 2.26. The molecule has 0 aromatic heterocycles. The van der Waals surface area contributed by atoms with Crippen molar-refractivity contribution in [1.82, 2.24) is 9.80 Å². The van der Waals surface area contributed by atoms with E-state index in [-0.39, 0.29) is 24.9 Å². The number of hydrogen-bond acceptors (Lipinski definition) is 2. The van der Waals surface area contributed by atoms with E-state index in [0.29, 0.717) is 6.54 Å². The molecule has 0 saturated carbocycles. The van der Waals surface area contributed by atoms with Crippen LogP contribution in [0.15, 0.2) is 0 Å². The zero-order chi connectivity index (χ0) is 9.14. The van der Waals surface area contributed by atoms with Crippen LogP contribution in [-0.4, -0.2) is 48.3 Å². The van der Waals surface area contributed by atoms with Gasteiger partial charge in [-0.05, 0) is 6.42 Å². The Labute approximate surface area is 72.1 Å². The number of amides is 2. The average molecular weight is 170 g/mol. The number of rotatable bonds is 2. The molecule has 12 heavy (non-hydrogen) atoms. The third-order valence-corrected chi connectivity index (χ3v) is 1.97. The molecule has 0 atom stereocenters. The molecular weight excluding hydrogens is 156 g/mol. The Hall–Kier alpha value is -1.06. The number of hydrogen-bond donors (Lipinski definition) is 0. The Bertz CT molecular complexity index is 203. The van der Waals surface area contributed by atoms with E-state index in [4.69, 9.17) is 0 Å². The molecule has 4 heteroatoms. The lowest BCUT2D eigenvalue weighted by atomic mass is 10.3. The highest BCUT2D eigenvalue weighted by atomic mass is 16.2. The SMILES string of the molecule is CCCN1CC(=O)N(C)CC1=O. The quantitative estimate of drug-likeness (QED) is 0.570. The van der Waals surface area contributed by atoms with Crippen LogP contribution in [0.2, 0.25) is 0 Å². The maximum atomic E-state index is 11.3. The Balaban J connectivity index is 2.55. The normalized spacial score (nSPS) is 18.8. The molecule has 0 spiro atoms. The molecule has 4 nitrogen and oxygen atoms in total. The van der Waals surface area contributed by atoms with Crippen molar-refractivity contribution < 1.29 is 9.59 Å². The summed E-state index contributed by atoms with van der Waals surface area (Å²) >= 11 is 0. The second kappa shape index (κ2) is 3.56. The first kappa shape index (κ1) is 9.03. The van der Waals surface area contributed by atoms with Crippen molar-refractivity contribution in [3.8, 4) is 0 Å². The molecule has 0 bridgehead atoms. The van der Waals surface area contributed by atoms with E-state index in [1.54, 1.807) is 11.9 Å². The van der Waals surface area contributed by atoms with Crippen LogP contribution >= 0.6 is 0 Å². The van der Waals surface area contributed by atoms with Crippen molar-refractivity contribution in [2.45, 2.75) is 13.3 Å². The number of likely N-dealkylation sites (N-methyl/N-ethyl adjacent to an activating group) is 1. The van der Waals surface area contributed by atoms with E-state index in [1.807, 2.05) is 6.92 Å². The Morgan fingerprint density at radius 3 is 2.50 bits per heavy atom. The predicted octanol–water partition coefficient (Wildman–Crippen LogP) is -0.303. The second-order valence-electron chi connectivity index (χ2n) is 3.07. The monoisotopic (exact) mass is 170 g/mol. The molecule has 0 N–H and O–H groups in total. The van der Waals surface area contributed by atoms with E-state index in [0.717, 1.165) is 6.42 Å². The lowest BCUT2D eigenvalue weighted by Crippen LogP contribution is -2.52. The summed E-state index contributed by atoms with van der Waals surface area (Å²) in [4.78, 5) is 25.5. The van der Waals surface area contributed by atoms with Crippen LogP contribution < -0.4 is 0 Å². The minimum atomic E-state index is 0.0306. The van der Waals surface area contributed by atoms with Gasteiger partial charge in [0.1, 0.15) is 0 Å². The van der Waals surface area contributed by atoms with Gasteiger partial charge in [-0.15, -0.1) is 0 Å². The van der Waals surface area contributed by atoms with Gasteiger partial charge in [-0.1, -0.05) is 6.92 Å². The largest absolute Gasteiger partial charge is 0.335 e. The minimum absolute atomic E-state index is 0.0306. The molecule has 68 valence electrons. The van der Waals surface area contributed by atoms with Crippen molar-refractivity contribution in [3.63, 3.8) is 0 Å². The van der Waals surface area contributed by atoms with Crippen LogP contribution in [0.3, 0.4) is 0 Å². The van der Waals surface area contributed by atoms with Crippen LogP contribution in [0.4, 0.5) is 0 Å². The highest BCUT2D eigenvalue weighted by Crippen LogP contribution is 2.02. The van der Waals surface area contributed by atoms with Gasteiger partial charge in [-0.2, -0.15) is 0 Å². The van der Waals surface area contributed by atoms with Gasteiger partial charge in [0.15, 0.2) is 0 Å². The standard InChI is InChI=1S/C8H14N2O2/c1-3-4-10-6-7(11)9(2)5-8(10)12/h3-6H2,1-2H3. The van der Waals surface area contributed by atoms with Gasteiger partial charge in [0.05, 0.1) is 13.1 Å². The van der Waals surface area contributed by atoms with Crippen molar-refractivity contribution in [2.24, 2.45) is 0 Å². The van der Waals surface area contributed by atoms with Gasteiger partial charge in [0, 0.05) is 13.6 Å². The predicted molar refractivity (Wildman–Crippen MR) is 44.5 cm³/mol. The second-order valence-corrected chi connectivity index (χ2v) is 3.07. The number of piperazine rings is 1.